The van der Waals surface area contributed by atoms with E-state index >= 15 is 0 Å². The Labute approximate surface area is 119 Å². The van der Waals surface area contributed by atoms with Crippen LogP contribution in [0.3, 0.4) is 0 Å². The Morgan fingerprint density at radius 1 is 1.45 bits per heavy atom. The maximum atomic E-state index is 13.5. The van der Waals surface area contributed by atoms with Gasteiger partial charge < -0.3 is 10.1 Å². The van der Waals surface area contributed by atoms with E-state index in [0.29, 0.717) is 24.4 Å². The van der Waals surface area contributed by atoms with Gasteiger partial charge in [-0.3, -0.25) is 4.79 Å². The van der Waals surface area contributed by atoms with E-state index in [9.17, 15) is 9.18 Å². The van der Waals surface area contributed by atoms with Crippen LogP contribution < -0.4 is 10.1 Å². The minimum absolute atomic E-state index is 0.168. The third kappa shape index (κ3) is 4.30. The summed E-state index contributed by atoms with van der Waals surface area (Å²) in [5.74, 6) is -0.0266. The molecule has 1 unspecified atom stereocenters. The van der Waals surface area contributed by atoms with E-state index in [0.717, 1.165) is 19.4 Å². The average Bonchev–Trinajstić information content (AvgIpc) is 2.46. The highest BCUT2D eigenvalue weighted by molar-refractivity contribution is 5.80. The van der Waals surface area contributed by atoms with Crippen molar-refractivity contribution < 1.29 is 13.9 Å². The van der Waals surface area contributed by atoms with Gasteiger partial charge in [-0.1, -0.05) is 12.5 Å². The highest BCUT2D eigenvalue weighted by Gasteiger charge is 2.14. The number of Topliss-reactive ketones (excluding diaryl/α,β-unsaturated/α-hetero) is 1. The smallest absolute Gasteiger partial charge is 0.165 e. The lowest BCUT2D eigenvalue weighted by Crippen LogP contribution is -2.34. The van der Waals surface area contributed by atoms with Gasteiger partial charge in [-0.2, -0.15) is 0 Å². The lowest BCUT2D eigenvalue weighted by Gasteiger charge is -2.22. The van der Waals surface area contributed by atoms with E-state index in [-0.39, 0.29) is 11.5 Å². The Hall–Kier alpha value is -1.42. The van der Waals surface area contributed by atoms with Crippen LogP contribution in [0.4, 0.5) is 4.39 Å². The first kappa shape index (κ1) is 15.0. The summed E-state index contributed by atoms with van der Waals surface area (Å²) in [5.41, 5.74) is 0.713. The summed E-state index contributed by atoms with van der Waals surface area (Å²) in [6, 6.07) is 5.18. The quantitative estimate of drug-likeness (QED) is 0.870. The van der Waals surface area contributed by atoms with Gasteiger partial charge in [-0.05, 0) is 43.5 Å². The molecule has 4 heteroatoms. The number of hydrogen-bond acceptors (Lipinski definition) is 3. The molecular formula is C16H22FNO2. The zero-order valence-corrected chi connectivity index (χ0v) is 12.0. The van der Waals surface area contributed by atoms with Crippen LogP contribution in [-0.2, 0) is 11.2 Å². The molecule has 1 fully saturated rings. The van der Waals surface area contributed by atoms with Crippen LogP contribution >= 0.6 is 0 Å². The molecule has 0 aliphatic carbocycles. The third-order valence-electron chi connectivity index (χ3n) is 3.80. The standard InChI is InChI=1S/C16H22FNO2/c1-20-16-8-5-12(11-15(16)17)10-14(19)7-6-13-4-2-3-9-18-13/h5,8,11,13,18H,2-4,6-7,9-10H2,1H3. The third-order valence-corrected chi connectivity index (χ3v) is 3.80. The molecule has 0 spiro atoms. The number of rotatable bonds is 6. The monoisotopic (exact) mass is 279 g/mol. The molecule has 0 radical (unpaired) electrons. The molecule has 0 aromatic heterocycles. The number of benzene rings is 1. The van der Waals surface area contributed by atoms with Gasteiger partial charge in [0.1, 0.15) is 5.78 Å². The molecule has 0 bridgehead atoms. The Morgan fingerprint density at radius 2 is 2.30 bits per heavy atom. The molecule has 0 amide bonds. The number of halogens is 1. The Kier molecular flexibility index (Phi) is 5.53. The fourth-order valence-corrected chi connectivity index (χ4v) is 2.64. The zero-order chi connectivity index (χ0) is 14.4. The molecule has 20 heavy (non-hydrogen) atoms. The number of nitrogens with one attached hydrogen (secondary N) is 1. The zero-order valence-electron chi connectivity index (χ0n) is 12.0. The summed E-state index contributed by atoms with van der Waals surface area (Å²) >= 11 is 0. The average molecular weight is 279 g/mol. The molecule has 1 saturated heterocycles. The molecule has 1 aromatic rings. The van der Waals surface area contributed by atoms with Crippen LogP contribution in [0.1, 0.15) is 37.7 Å². The van der Waals surface area contributed by atoms with Crippen LogP contribution in [-0.4, -0.2) is 25.5 Å². The van der Waals surface area contributed by atoms with Crippen molar-refractivity contribution in [3.63, 3.8) is 0 Å². The van der Waals surface area contributed by atoms with E-state index in [2.05, 4.69) is 5.32 Å². The van der Waals surface area contributed by atoms with Crippen molar-refractivity contribution in [3.8, 4) is 5.75 Å². The van der Waals surface area contributed by atoms with Crippen molar-refractivity contribution in [2.24, 2.45) is 0 Å². The molecule has 1 heterocycles. The highest BCUT2D eigenvalue weighted by Crippen LogP contribution is 2.19. The maximum Gasteiger partial charge on any atom is 0.165 e. The Morgan fingerprint density at radius 3 is 2.95 bits per heavy atom. The van der Waals surface area contributed by atoms with Crippen LogP contribution in [0.15, 0.2) is 18.2 Å². The van der Waals surface area contributed by atoms with Gasteiger partial charge in [-0.25, -0.2) is 4.39 Å². The van der Waals surface area contributed by atoms with E-state index < -0.39 is 5.82 Å². The number of carbonyl (C=O) groups excluding carboxylic acids is 1. The molecule has 2 rings (SSSR count). The summed E-state index contributed by atoms with van der Waals surface area (Å²) in [5, 5.41) is 3.43. The normalized spacial score (nSPS) is 18.8. The molecule has 1 aromatic carbocycles. The van der Waals surface area contributed by atoms with Crippen molar-refractivity contribution in [1.29, 1.82) is 0 Å². The first-order valence-electron chi connectivity index (χ1n) is 7.26. The molecule has 1 N–H and O–H groups in total. The maximum absolute atomic E-state index is 13.5. The minimum atomic E-state index is -0.410. The van der Waals surface area contributed by atoms with Crippen molar-refractivity contribution in [2.75, 3.05) is 13.7 Å². The fraction of sp³-hybridized carbons (Fsp3) is 0.562. The number of piperidine rings is 1. The summed E-state index contributed by atoms with van der Waals surface area (Å²) in [6.45, 7) is 1.06. The molecule has 1 aliphatic heterocycles. The van der Waals surface area contributed by atoms with Crippen molar-refractivity contribution in [3.05, 3.63) is 29.6 Å². The predicted molar refractivity (Wildman–Crippen MR) is 76.5 cm³/mol. The number of ether oxygens (including phenoxy) is 1. The predicted octanol–water partition coefficient (Wildman–Crippen LogP) is 2.87. The topological polar surface area (TPSA) is 38.3 Å². The van der Waals surface area contributed by atoms with E-state index in [1.54, 1.807) is 12.1 Å². The minimum Gasteiger partial charge on any atom is -0.494 e. The molecule has 3 nitrogen and oxygen atoms in total. The van der Waals surface area contributed by atoms with Gasteiger partial charge in [-0.15, -0.1) is 0 Å². The van der Waals surface area contributed by atoms with E-state index in [4.69, 9.17) is 4.74 Å². The lowest BCUT2D eigenvalue weighted by atomic mass is 9.97. The second-order valence-corrected chi connectivity index (χ2v) is 5.37. The van der Waals surface area contributed by atoms with Gasteiger partial charge in [0.05, 0.1) is 7.11 Å². The SMILES string of the molecule is COc1ccc(CC(=O)CCC2CCCCN2)cc1F. The van der Waals surface area contributed by atoms with Gasteiger partial charge in [0.15, 0.2) is 11.6 Å². The van der Waals surface area contributed by atoms with Gasteiger partial charge in [0.2, 0.25) is 0 Å². The van der Waals surface area contributed by atoms with E-state index in [1.165, 1.54) is 26.0 Å². The first-order valence-corrected chi connectivity index (χ1v) is 7.26. The van der Waals surface area contributed by atoms with Gasteiger partial charge >= 0.3 is 0 Å². The summed E-state index contributed by atoms with van der Waals surface area (Å²) < 4.78 is 18.4. The van der Waals surface area contributed by atoms with Crippen LogP contribution in [0.5, 0.6) is 5.75 Å². The van der Waals surface area contributed by atoms with Crippen molar-refractivity contribution in [2.45, 2.75) is 44.6 Å². The van der Waals surface area contributed by atoms with Gasteiger partial charge in [0.25, 0.3) is 0 Å². The van der Waals surface area contributed by atoms with Crippen LogP contribution in [0, 0.1) is 5.82 Å². The molecule has 1 aliphatic rings. The molecule has 0 saturated carbocycles. The van der Waals surface area contributed by atoms with E-state index in [1.807, 2.05) is 0 Å². The largest absolute Gasteiger partial charge is 0.494 e. The summed E-state index contributed by atoms with van der Waals surface area (Å²) in [4.78, 5) is 11.9. The van der Waals surface area contributed by atoms with Crippen molar-refractivity contribution >= 4 is 5.78 Å². The molecular weight excluding hydrogens is 257 g/mol. The molecule has 110 valence electrons. The number of methoxy groups -OCH3 is 1. The summed E-state index contributed by atoms with van der Waals surface area (Å²) in [7, 11) is 1.43. The first-order chi connectivity index (χ1) is 9.69. The van der Waals surface area contributed by atoms with Crippen LogP contribution in [0.2, 0.25) is 0 Å². The fourth-order valence-electron chi connectivity index (χ4n) is 2.64. The van der Waals surface area contributed by atoms with Gasteiger partial charge in [0, 0.05) is 18.9 Å². The second-order valence-electron chi connectivity index (χ2n) is 5.37. The number of carbonyl (C=O) groups is 1. The second kappa shape index (κ2) is 7.39. The molecule has 1 atom stereocenters. The summed E-state index contributed by atoms with van der Waals surface area (Å²) in [6.07, 6.45) is 5.38. The Bertz CT molecular complexity index is 456. The number of ketones is 1. The van der Waals surface area contributed by atoms with Crippen molar-refractivity contribution in [1.82, 2.24) is 5.32 Å². The highest BCUT2D eigenvalue weighted by atomic mass is 19.1. The lowest BCUT2D eigenvalue weighted by molar-refractivity contribution is -0.118. The Balaban J connectivity index is 1.80. The van der Waals surface area contributed by atoms with Crippen LogP contribution in [0.25, 0.3) is 0 Å². The number of hydrogen-bond donors (Lipinski definition) is 1.